The second-order valence-electron chi connectivity index (χ2n) is 8.81. The van der Waals surface area contributed by atoms with Crippen molar-refractivity contribution in [1.82, 2.24) is 4.90 Å². The Morgan fingerprint density at radius 1 is 1.21 bits per heavy atom. The minimum absolute atomic E-state index is 0.126. The van der Waals surface area contributed by atoms with E-state index in [0.29, 0.717) is 35.9 Å². The summed E-state index contributed by atoms with van der Waals surface area (Å²) >= 11 is 0. The number of piperidine rings is 4. The van der Waals surface area contributed by atoms with Gasteiger partial charge >= 0.3 is 0 Å². The van der Waals surface area contributed by atoms with Crippen LogP contribution in [0.5, 0.6) is 0 Å². The molecule has 128 valence electrons. The number of fused-ring (bicyclic) bond motifs is 2. The molecule has 6 aliphatic rings. The van der Waals surface area contributed by atoms with Crippen LogP contribution in [0.25, 0.3) is 0 Å². The van der Waals surface area contributed by atoms with Crippen LogP contribution >= 0.6 is 0 Å². The number of nitrogens with zero attached hydrogens (tertiary/aromatic N) is 2. The summed E-state index contributed by atoms with van der Waals surface area (Å²) in [6.45, 7) is 2.19. The Morgan fingerprint density at radius 3 is 2.79 bits per heavy atom. The van der Waals surface area contributed by atoms with Gasteiger partial charge < -0.3 is 15.1 Å². The molecule has 5 fully saturated rings. The summed E-state index contributed by atoms with van der Waals surface area (Å²) in [5.41, 5.74) is 2.51. The molecule has 5 aliphatic heterocycles. The Balaban J connectivity index is 1.60. The SMILES string of the molecule is CC[C@H]1C2C[C@H]3[C@@H]4N(C)c5ccccc5C45C[C@@H](C2[C@H]5O)N3[C@@H]1O. The highest BCUT2D eigenvalue weighted by Gasteiger charge is 2.76. The lowest BCUT2D eigenvalue weighted by atomic mass is 9.62. The third kappa shape index (κ3) is 1.20. The molecule has 1 saturated carbocycles. The number of likely N-dealkylation sites (N-methyl/N-ethyl adjacent to an activating group) is 1. The average molecular weight is 326 g/mol. The fourth-order valence-electron chi connectivity index (χ4n) is 7.88. The molecular weight excluding hydrogens is 300 g/mol. The van der Waals surface area contributed by atoms with E-state index in [9.17, 15) is 10.2 Å². The van der Waals surface area contributed by atoms with Crippen molar-refractivity contribution in [1.29, 1.82) is 0 Å². The molecule has 4 nitrogen and oxygen atoms in total. The number of hydrogen-bond donors (Lipinski definition) is 2. The maximum absolute atomic E-state index is 11.6. The van der Waals surface area contributed by atoms with Crippen molar-refractivity contribution in [3.05, 3.63) is 29.8 Å². The standard InChI is InChI=1S/C20H26N2O2/c1-3-10-11-8-14-17-20(12-6-4-5-7-13(12)21(17)2)9-15(16(11)18(20)23)22(14)19(10)24/h4-7,10-11,14-19,23-24H,3,8-9H2,1-2H3/t10-,11?,14-,15-,16?,17-,18+,19+,20?/m0/s1. The first kappa shape index (κ1) is 14.1. The van der Waals surface area contributed by atoms with Gasteiger partial charge in [-0.15, -0.1) is 0 Å². The lowest BCUT2D eigenvalue weighted by Crippen LogP contribution is -2.72. The molecule has 4 heteroatoms. The minimum atomic E-state index is -0.319. The Hall–Kier alpha value is -1.10. The van der Waals surface area contributed by atoms with Crippen LogP contribution in [0.15, 0.2) is 24.3 Å². The molecule has 10 atom stereocenters. The Morgan fingerprint density at radius 2 is 2.00 bits per heavy atom. The highest BCUT2D eigenvalue weighted by atomic mass is 16.3. The first-order chi connectivity index (χ1) is 11.6. The van der Waals surface area contributed by atoms with E-state index in [1.807, 2.05) is 0 Å². The Labute approximate surface area is 143 Å². The summed E-state index contributed by atoms with van der Waals surface area (Å²) < 4.78 is 0. The fraction of sp³-hybridized carbons (Fsp3) is 0.700. The monoisotopic (exact) mass is 326 g/mol. The molecule has 24 heavy (non-hydrogen) atoms. The van der Waals surface area contributed by atoms with Crippen LogP contribution in [0.2, 0.25) is 0 Å². The van der Waals surface area contributed by atoms with Gasteiger partial charge in [-0.3, -0.25) is 4.90 Å². The number of hydrogen-bond acceptors (Lipinski definition) is 4. The van der Waals surface area contributed by atoms with Gasteiger partial charge in [0.2, 0.25) is 0 Å². The van der Waals surface area contributed by atoms with Gasteiger partial charge in [0, 0.05) is 42.1 Å². The van der Waals surface area contributed by atoms with Crippen LogP contribution in [0.4, 0.5) is 5.69 Å². The van der Waals surface area contributed by atoms with Gasteiger partial charge in [0.1, 0.15) is 6.23 Å². The van der Waals surface area contributed by atoms with Crippen LogP contribution in [0, 0.1) is 17.8 Å². The third-order valence-electron chi connectivity index (χ3n) is 8.46. The fourth-order valence-corrected chi connectivity index (χ4v) is 7.88. The van der Waals surface area contributed by atoms with E-state index in [1.165, 1.54) is 11.3 Å². The summed E-state index contributed by atoms with van der Waals surface area (Å²) in [4.78, 5) is 4.83. The zero-order valence-corrected chi connectivity index (χ0v) is 14.3. The lowest BCUT2D eigenvalue weighted by Gasteiger charge is -2.62. The number of aliphatic hydroxyl groups is 2. The van der Waals surface area contributed by atoms with Gasteiger partial charge in [-0.2, -0.15) is 0 Å². The van der Waals surface area contributed by atoms with Crippen LogP contribution in [-0.4, -0.2) is 52.6 Å². The van der Waals surface area contributed by atoms with Crippen LogP contribution in [-0.2, 0) is 5.41 Å². The molecule has 1 aromatic carbocycles. The van der Waals surface area contributed by atoms with E-state index in [1.54, 1.807) is 0 Å². The zero-order valence-electron chi connectivity index (χ0n) is 14.3. The third-order valence-corrected chi connectivity index (χ3v) is 8.46. The molecular formula is C20H26N2O2. The summed E-state index contributed by atoms with van der Waals surface area (Å²) in [6, 6.07) is 9.70. The van der Waals surface area contributed by atoms with E-state index in [-0.39, 0.29) is 17.7 Å². The van der Waals surface area contributed by atoms with Gasteiger partial charge in [-0.05, 0) is 36.8 Å². The molecule has 5 heterocycles. The van der Waals surface area contributed by atoms with Crippen molar-refractivity contribution in [2.45, 2.75) is 62.1 Å². The second-order valence-corrected chi connectivity index (χ2v) is 8.81. The Kier molecular flexibility index (Phi) is 2.45. The largest absolute Gasteiger partial charge is 0.392 e. The average Bonchev–Trinajstić information content (AvgIpc) is 2.97. The second kappa shape index (κ2) is 4.17. The maximum atomic E-state index is 11.6. The normalized spacial score (nSPS) is 55.8. The molecule has 0 aromatic heterocycles. The molecule has 5 bridgehead atoms. The van der Waals surface area contributed by atoms with Crippen molar-refractivity contribution in [3.8, 4) is 0 Å². The lowest BCUT2D eigenvalue weighted by molar-refractivity contribution is -0.211. The van der Waals surface area contributed by atoms with Gasteiger partial charge in [-0.25, -0.2) is 0 Å². The van der Waals surface area contributed by atoms with Gasteiger partial charge in [0.25, 0.3) is 0 Å². The van der Waals surface area contributed by atoms with E-state index >= 15 is 0 Å². The van der Waals surface area contributed by atoms with Gasteiger partial charge in [0.05, 0.1) is 12.1 Å². The van der Waals surface area contributed by atoms with Crippen molar-refractivity contribution >= 4 is 5.69 Å². The zero-order chi connectivity index (χ0) is 16.4. The summed E-state index contributed by atoms with van der Waals surface area (Å²) in [5, 5.41) is 22.6. The highest BCUT2D eigenvalue weighted by Crippen LogP contribution is 2.68. The first-order valence-electron chi connectivity index (χ1n) is 9.57. The van der Waals surface area contributed by atoms with E-state index in [4.69, 9.17) is 0 Å². The molecule has 2 N–H and O–H groups in total. The van der Waals surface area contributed by atoms with Crippen LogP contribution < -0.4 is 4.90 Å². The molecule has 4 saturated heterocycles. The molecule has 1 spiro atoms. The number of rotatable bonds is 1. The Bertz CT molecular complexity index is 723. The van der Waals surface area contributed by atoms with Gasteiger partial charge in [0.15, 0.2) is 0 Å². The minimum Gasteiger partial charge on any atom is -0.392 e. The number of para-hydroxylation sites is 1. The number of aliphatic hydroxyl groups excluding tert-OH is 2. The smallest absolute Gasteiger partial charge is 0.111 e. The van der Waals surface area contributed by atoms with Crippen LogP contribution in [0.3, 0.4) is 0 Å². The maximum Gasteiger partial charge on any atom is 0.111 e. The van der Waals surface area contributed by atoms with E-state index < -0.39 is 0 Å². The van der Waals surface area contributed by atoms with Crippen molar-refractivity contribution in [2.75, 3.05) is 11.9 Å². The molecule has 0 radical (unpaired) electrons. The topological polar surface area (TPSA) is 46.9 Å². The van der Waals surface area contributed by atoms with E-state index in [2.05, 4.69) is 48.0 Å². The first-order valence-corrected chi connectivity index (χ1v) is 9.57. The molecule has 1 aliphatic carbocycles. The highest BCUT2D eigenvalue weighted by molar-refractivity contribution is 5.67. The molecule has 4 unspecified atom stereocenters. The van der Waals surface area contributed by atoms with Crippen LogP contribution in [0.1, 0.15) is 31.7 Å². The summed E-state index contributed by atoms with van der Waals surface area (Å²) in [5.74, 6) is 1.14. The number of benzene rings is 1. The van der Waals surface area contributed by atoms with Crippen molar-refractivity contribution < 1.29 is 10.2 Å². The predicted molar refractivity (Wildman–Crippen MR) is 91.7 cm³/mol. The molecule has 1 aromatic rings. The predicted octanol–water partition coefficient (Wildman–Crippen LogP) is 1.55. The van der Waals surface area contributed by atoms with Crippen molar-refractivity contribution in [3.63, 3.8) is 0 Å². The summed E-state index contributed by atoms with van der Waals surface area (Å²) in [6.07, 6.45) is 2.56. The van der Waals surface area contributed by atoms with Gasteiger partial charge in [-0.1, -0.05) is 25.1 Å². The summed E-state index contributed by atoms with van der Waals surface area (Å²) in [7, 11) is 2.19. The molecule has 0 amide bonds. The van der Waals surface area contributed by atoms with E-state index in [0.717, 1.165) is 19.3 Å². The van der Waals surface area contributed by atoms with Crippen molar-refractivity contribution in [2.24, 2.45) is 17.8 Å². The quantitative estimate of drug-likeness (QED) is 0.822. The molecule has 7 rings (SSSR count). The number of anilines is 1.